The summed E-state index contributed by atoms with van der Waals surface area (Å²) in [5.74, 6) is -0.112. The van der Waals surface area contributed by atoms with Crippen molar-refractivity contribution in [2.45, 2.75) is 25.7 Å². The van der Waals surface area contributed by atoms with Gasteiger partial charge >= 0.3 is 0 Å². The van der Waals surface area contributed by atoms with E-state index in [2.05, 4.69) is 27.3 Å². The van der Waals surface area contributed by atoms with Crippen molar-refractivity contribution in [3.63, 3.8) is 0 Å². The van der Waals surface area contributed by atoms with E-state index >= 15 is 0 Å². The van der Waals surface area contributed by atoms with Gasteiger partial charge in [-0.3, -0.25) is 4.79 Å². The molecule has 0 spiro atoms. The first-order valence-corrected chi connectivity index (χ1v) is 9.04. The maximum Gasteiger partial charge on any atom is 0.272 e. The highest BCUT2D eigenvalue weighted by atomic mass is 16.1. The molecule has 128 valence electrons. The van der Waals surface area contributed by atoms with Gasteiger partial charge < -0.3 is 15.2 Å². The molecule has 0 atom stereocenters. The van der Waals surface area contributed by atoms with E-state index < -0.39 is 0 Å². The Morgan fingerprint density at radius 1 is 0.920 bits per heavy atom. The average Bonchev–Trinajstić information content (AvgIpc) is 2.89. The zero-order chi connectivity index (χ0) is 17.1. The van der Waals surface area contributed by atoms with Crippen molar-refractivity contribution >= 4 is 28.2 Å². The first kappa shape index (κ1) is 15.8. The molecule has 0 unspecified atom stereocenters. The first-order valence-electron chi connectivity index (χ1n) is 9.04. The van der Waals surface area contributed by atoms with Crippen LogP contribution in [0.4, 0.5) is 11.4 Å². The quantitative estimate of drug-likeness (QED) is 0.723. The molecular formula is C21H23N3O. The fourth-order valence-corrected chi connectivity index (χ4v) is 3.48. The van der Waals surface area contributed by atoms with Gasteiger partial charge in [0.1, 0.15) is 5.69 Å². The van der Waals surface area contributed by atoms with E-state index in [9.17, 15) is 4.79 Å². The molecule has 1 aliphatic heterocycles. The van der Waals surface area contributed by atoms with Gasteiger partial charge in [-0.25, -0.2) is 0 Å². The Kier molecular flexibility index (Phi) is 4.42. The predicted molar refractivity (Wildman–Crippen MR) is 103 cm³/mol. The molecule has 1 amide bonds. The number of para-hydroxylation sites is 1. The fraction of sp³-hybridized carbons (Fsp3) is 0.286. The Bertz CT molecular complexity index is 825. The normalized spacial score (nSPS) is 15.1. The van der Waals surface area contributed by atoms with Crippen molar-refractivity contribution in [3.8, 4) is 0 Å². The molecule has 4 nitrogen and oxygen atoms in total. The fourth-order valence-electron chi connectivity index (χ4n) is 3.48. The molecular weight excluding hydrogens is 310 g/mol. The zero-order valence-electron chi connectivity index (χ0n) is 14.3. The summed E-state index contributed by atoms with van der Waals surface area (Å²) in [6, 6.07) is 18.0. The van der Waals surface area contributed by atoms with Gasteiger partial charge in [-0.2, -0.15) is 0 Å². The Balaban J connectivity index is 1.45. The number of fused-ring (bicyclic) bond motifs is 1. The summed E-state index contributed by atoms with van der Waals surface area (Å²) in [5.41, 5.74) is 3.62. The van der Waals surface area contributed by atoms with E-state index in [1.165, 1.54) is 31.4 Å². The van der Waals surface area contributed by atoms with Crippen LogP contribution in [0, 0.1) is 0 Å². The largest absolute Gasteiger partial charge is 0.372 e. The molecule has 1 saturated heterocycles. The highest BCUT2D eigenvalue weighted by Crippen LogP contribution is 2.22. The molecule has 3 aromatic rings. The van der Waals surface area contributed by atoms with Gasteiger partial charge in [0.2, 0.25) is 0 Å². The molecule has 4 rings (SSSR count). The number of carbonyl (C=O) groups excluding carboxylic acids is 1. The first-order chi connectivity index (χ1) is 12.3. The highest BCUT2D eigenvalue weighted by molar-refractivity contribution is 6.05. The monoisotopic (exact) mass is 333 g/mol. The lowest BCUT2D eigenvalue weighted by Crippen LogP contribution is -2.23. The number of benzene rings is 2. The number of hydrogen-bond acceptors (Lipinski definition) is 2. The minimum Gasteiger partial charge on any atom is -0.372 e. The van der Waals surface area contributed by atoms with Crippen LogP contribution >= 0.6 is 0 Å². The SMILES string of the molecule is O=C(Nc1ccc(N2CCCCCC2)cc1)c1cc2ccccc2[nH]1. The van der Waals surface area contributed by atoms with Crippen molar-refractivity contribution in [3.05, 3.63) is 60.3 Å². The standard InChI is InChI=1S/C21H23N3O/c25-21(20-15-16-7-3-4-8-19(16)23-20)22-17-9-11-18(12-10-17)24-13-5-1-2-6-14-24/h3-4,7-12,15,23H,1-2,5-6,13-14H2,(H,22,25). The smallest absolute Gasteiger partial charge is 0.272 e. The third-order valence-electron chi connectivity index (χ3n) is 4.87. The molecule has 25 heavy (non-hydrogen) atoms. The molecule has 4 heteroatoms. The van der Waals surface area contributed by atoms with Gasteiger partial charge in [0, 0.05) is 35.4 Å². The number of aromatic nitrogens is 1. The number of nitrogens with zero attached hydrogens (tertiary/aromatic N) is 1. The second kappa shape index (κ2) is 7.01. The summed E-state index contributed by atoms with van der Waals surface area (Å²) < 4.78 is 0. The minimum atomic E-state index is -0.112. The molecule has 1 fully saturated rings. The number of H-pyrrole nitrogens is 1. The lowest BCUT2D eigenvalue weighted by atomic mass is 10.2. The van der Waals surface area contributed by atoms with Crippen LogP contribution in [0.3, 0.4) is 0 Å². The van der Waals surface area contributed by atoms with Crippen molar-refractivity contribution in [1.29, 1.82) is 0 Å². The molecule has 2 heterocycles. The lowest BCUT2D eigenvalue weighted by Gasteiger charge is -2.22. The van der Waals surface area contributed by atoms with Crippen molar-refractivity contribution in [1.82, 2.24) is 4.98 Å². The number of anilines is 2. The van der Waals surface area contributed by atoms with Gasteiger partial charge in [0.05, 0.1) is 0 Å². The van der Waals surface area contributed by atoms with E-state index in [0.717, 1.165) is 29.7 Å². The molecule has 2 N–H and O–H groups in total. The summed E-state index contributed by atoms with van der Waals surface area (Å²) in [4.78, 5) is 18.1. The highest BCUT2D eigenvalue weighted by Gasteiger charge is 2.12. The molecule has 0 radical (unpaired) electrons. The third kappa shape index (κ3) is 3.53. The van der Waals surface area contributed by atoms with Crippen molar-refractivity contribution < 1.29 is 4.79 Å². The second-order valence-corrected chi connectivity index (χ2v) is 6.67. The van der Waals surface area contributed by atoms with Gasteiger partial charge in [-0.15, -0.1) is 0 Å². The Hall–Kier alpha value is -2.75. The number of carbonyl (C=O) groups is 1. The van der Waals surface area contributed by atoms with Gasteiger partial charge in [-0.05, 0) is 49.2 Å². The number of hydrogen-bond donors (Lipinski definition) is 2. The molecule has 1 aromatic heterocycles. The zero-order valence-corrected chi connectivity index (χ0v) is 14.3. The van der Waals surface area contributed by atoms with Crippen LogP contribution in [-0.4, -0.2) is 24.0 Å². The Morgan fingerprint density at radius 3 is 2.36 bits per heavy atom. The number of nitrogens with one attached hydrogen (secondary N) is 2. The summed E-state index contributed by atoms with van der Waals surface area (Å²) in [5, 5.41) is 4.02. The number of aromatic amines is 1. The van der Waals surface area contributed by atoms with Crippen molar-refractivity contribution in [2.24, 2.45) is 0 Å². The molecule has 2 aromatic carbocycles. The molecule has 0 saturated carbocycles. The van der Waals surface area contributed by atoms with E-state index in [4.69, 9.17) is 0 Å². The third-order valence-corrected chi connectivity index (χ3v) is 4.87. The van der Waals surface area contributed by atoms with Crippen LogP contribution in [-0.2, 0) is 0 Å². The minimum absolute atomic E-state index is 0.112. The van der Waals surface area contributed by atoms with Crippen LogP contribution in [0.2, 0.25) is 0 Å². The Morgan fingerprint density at radius 2 is 1.64 bits per heavy atom. The van der Waals surface area contributed by atoms with E-state index in [1.54, 1.807) is 0 Å². The van der Waals surface area contributed by atoms with Crippen molar-refractivity contribution in [2.75, 3.05) is 23.3 Å². The summed E-state index contributed by atoms with van der Waals surface area (Å²) in [7, 11) is 0. The van der Waals surface area contributed by atoms with Crippen LogP contribution in [0.15, 0.2) is 54.6 Å². The van der Waals surface area contributed by atoms with E-state index in [1.807, 2.05) is 42.5 Å². The second-order valence-electron chi connectivity index (χ2n) is 6.67. The van der Waals surface area contributed by atoms with Gasteiger partial charge in [0.25, 0.3) is 5.91 Å². The van der Waals surface area contributed by atoms with Gasteiger partial charge in [0.15, 0.2) is 0 Å². The van der Waals surface area contributed by atoms with Crippen LogP contribution in [0.5, 0.6) is 0 Å². The van der Waals surface area contributed by atoms with Crippen LogP contribution in [0.25, 0.3) is 10.9 Å². The predicted octanol–water partition coefficient (Wildman–Crippen LogP) is 4.80. The Labute approximate surface area is 147 Å². The molecule has 0 bridgehead atoms. The van der Waals surface area contributed by atoms with E-state index in [0.29, 0.717) is 5.69 Å². The molecule has 1 aliphatic rings. The van der Waals surface area contributed by atoms with Crippen LogP contribution in [0.1, 0.15) is 36.2 Å². The topological polar surface area (TPSA) is 48.1 Å². The number of amides is 1. The average molecular weight is 333 g/mol. The maximum absolute atomic E-state index is 12.5. The maximum atomic E-state index is 12.5. The summed E-state index contributed by atoms with van der Waals surface area (Å²) in [6.45, 7) is 2.25. The summed E-state index contributed by atoms with van der Waals surface area (Å²) in [6.07, 6.45) is 5.18. The van der Waals surface area contributed by atoms with Gasteiger partial charge in [-0.1, -0.05) is 31.0 Å². The number of rotatable bonds is 3. The lowest BCUT2D eigenvalue weighted by molar-refractivity contribution is 0.102. The van der Waals surface area contributed by atoms with E-state index in [-0.39, 0.29) is 5.91 Å². The molecule has 0 aliphatic carbocycles. The summed E-state index contributed by atoms with van der Waals surface area (Å²) >= 11 is 0. The van der Waals surface area contributed by atoms with Crippen LogP contribution < -0.4 is 10.2 Å².